The average Bonchev–Trinajstić information content (AvgIpc) is 3.31. The first-order valence-corrected chi connectivity index (χ1v) is 13.6. The van der Waals surface area contributed by atoms with Gasteiger partial charge in [0.05, 0.1) is 35.3 Å². The molecule has 1 aliphatic rings. The van der Waals surface area contributed by atoms with E-state index in [1.165, 1.54) is 17.0 Å². The Morgan fingerprint density at radius 3 is 2.62 bits per heavy atom. The average molecular weight is 556 g/mol. The van der Waals surface area contributed by atoms with E-state index in [2.05, 4.69) is 10.3 Å². The number of unbranched alkanes of at least 4 members (excludes halogenated alkanes) is 1. The zero-order chi connectivity index (χ0) is 28.2. The second kappa shape index (κ2) is 12.1. The Morgan fingerprint density at radius 1 is 1.15 bits per heavy atom. The molecular formula is C28H34ClN5O5. The van der Waals surface area contributed by atoms with Gasteiger partial charge in [0, 0.05) is 44.9 Å². The van der Waals surface area contributed by atoms with Crippen molar-refractivity contribution in [3.8, 4) is 0 Å². The Hall–Kier alpha value is -3.50. The Morgan fingerprint density at radius 2 is 1.90 bits per heavy atom. The molecule has 1 aromatic carbocycles. The van der Waals surface area contributed by atoms with Crippen LogP contribution in [0.15, 0.2) is 41.6 Å². The van der Waals surface area contributed by atoms with Gasteiger partial charge in [-0.3, -0.25) is 23.7 Å². The van der Waals surface area contributed by atoms with Crippen LogP contribution in [-0.4, -0.2) is 72.8 Å². The van der Waals surface area contributed by atoms with Gasteiger partial charge in [-0.2, -0.15) is 0 Å². The summed E-state index contributed by atoms with van der Waals surface area (Å²) in [5.41, 5.74) is 1.16. The van der Waals surface area contributed by atoms with Crippen molar-refractivity contribution in [2.24, 2.45) is 7.05 Å². The standard InChI is InChI=1S/C28H34ClN5O5/c1-19-6-7-21-22(13-19)31-18-34(27(21)38)17-28(39)8-11-33(12-9-28)25(36)5-3-4-10-30-26(37)23-14-20(16-32(23)2)24(35)15-29/h6-7,13-14,16,18,39H,3-5,8-12,15,17H2,1-2H3,(H,30,37). The van der Waals surface area contributed by atoms with Crippen molar-refractivity contribution in [3.05, 3.63) is 64.0 Å². The van der Waals surface area contributed by atoms with Gasteiger partial charge in [0.15, 0.2) is 5.78 Å². The summed E-state index contributed by atoms with van der Waals surface area (Å²) in [5.74, 6) is -0.661. The maximum absolute atomic E-state index is 12.9. The smallest absolute Gasteiger partial charge is 0.267 e. The van der Waals surface area contributed by atoms with Crippen LogP contribution in [0.1, 0.15) is 58.5 Å². The number of Topliss-reactive ketones (excluding diaryl/α,β-unsaturated/α-hetero) is 1. The predicted octanol–water partition coefficient (Wildman–Crippen LogP) is 2.42. The fourth-order valence-electron chi connectivity index (χ4n) is 4.90. The number of likely N-dealkylation sites (tertiary alicyclic amines) is 1. The number of aryl methyl sites for hydroxylation is 2. The first-order valence-electron chi connectivity index (χ1n) is 13.1. The van der Waals surface area contributed by atoms with Gasteiger partial charge < -0.3 is 19.9 Å². The molecule has 4 rings (SSSR count). The number of carbonyl (C=O) groups excluding carboxylic acids is 3. The maximum atomic E-state index is 12.9. The van der Waals surface area contributed by atoms with E-state index >= 15 is 0 Å². The van der Waals surface area contributed by atoms with Crippen LogP contribution >= 0.6 is 11.6 Å². The Bertz CT molecular complexity index is 1440. The van der Waals surface area contributed by atoms with E-state index in [0.717, 1.165) is 5.56 Å². The van der Waals surface area contributed by atoms with Gasteiger partial charge in [0.1, 0.15) is 5.69 Å². The highest BCUT2D eigenvalue weighted by Gasteiger charge is 2.34. The minimum Gasteiger partial charge on any atom is -0.388 e. The van der Waals surface area contributed by atoms with E-state index in [1.807, 2.05) is 19.1 Å². The predicted molar refractivity (Wildman–Crippen MR) is 148 cm³/mol. The molecule has 3 aromatic rings. The quantitative estimate of drug-likeness (QED) is 0.225. The highest BCUT2D eigenvalue weighted by Crippen LogP contribution is 2.25. The van der Waals surface area contributed by atoms with Crippen molar-refractivity contribution in [1.82, 2.24) is 24.3 Å². The summed E-state index contributed by atoms with van der Waals surface area (Å²) in [6, 6.07) is 7.01. The summed E-state index contributed by atoms with van der Waals surface area (Å²) in [5, 5.41) is 14.5. The number of nitrogens with zero attached hydrogens (tertiary/aromatic N) is 4. The van der Waals surface area contributed by atoms with Crippen LogP contribution in [0.2, 0.25) is 0 Å². The number of rotatable bonds is 10. The summed E-state index contributed by atoms with van der Waals surface area (Å²) < 4.78 is 3.04. The zero-order valence-electron chi connectivity index (χ0n) is 22.3. The van der Waals surface area contributed by atoms with Crippen LogP contribution in [0.3, 0.4) is 0 Å². The lowest BCUT2D eigenvalue weighted by Crippen LogP contribution is -2.49. The molecule has 39 heavy (non-hydrogen) atoms. The van der Waals surface area contributed by atoms with Crippen LogP contribution in [0.5, 0.6) is 0 Å². The SMILES string of the molecule is Cc1ccc2c(=O)n(CC3(O)CCN(C(=O)CCCCNC(=O)c4cc(C(=O)CCl)cn4C)CC3)cnc2c1. The Kier molecular flexibility index (Phi) is 8.87. The number of aliphatic hydroxyl groups is 1. The van der Waals surface area contributed by atoms with E-state index < -0.39 is 5.60 Å². The highest BCUT2D eigenvalue weighted by molar-refractivity contribution is 6.30. The molecule has 2 amide bonds. The molecule has 2 aromatic heterocycles. The van der Waals surface area contributed by atoms with Gasteiger partial charge >= 0.3 is 0 Å². The zero-order valence-corrected chi connectivity index (χ0v) is 23.0. The number of benzene rings is 1. The molecule has 0 bridgehead atoms. The molecule has 11 heteroatoms. The van der Waals surface area contributed by atoms with E-state index in [-0.39, 0.29) is 35.6 Å². The first-order chi connectivity index (χ1) is 18.6. The van der Waals surface area contributed by atoms with Gasteiger partial charge in [-0.1, -0.05) is 6.07 Å². The second-order valence-electron chi connectivity index (χ2n) is 10.3. The highest BCUT2D eigenvalue weighted by atomic mass is 35.5. The van der Waals surface area contributed by atoms with Crippen LogP contribution < -0.4 is 10.9 Å². The maximum Gasteiger partial charge on any atom is 0.267 e. The molecule has 1 aliphatic heterocycles. The third kappa shape index (κ3) is 6.75. The summed E-state index contributed by atoms with van der Waals surface area (Å²) in [7, 11) is 1.69. The first kappa shape index (κ1) is 28.5. The number of amides is 2. The molecule has 0 radical (unpaired) electrons. The molecule has 0 saturated carbocycles. The molecule has 0 unspecified atom stereocenters. The van der Waals surface area contributed by atoms with Crippen LogP contribution in [0.25, 0.3) is 10.9 Å². The number of piperidine rings is 1. The van der Waals surface area contributed by atoms with Crippen molar-refractivity contribution >= 4 is 40.1 Å². The monoisotopic (exact) mass is 555 g/mol. The van der Waals surface area contributed by atoms with E-state index in [9.17, 15) is 24.3 Å². The lowest BCUT2D eigenvalue weighted by molar-refractivity contribution is -0.136. The molecule has 2 N–H and O–H groups in total. The number of nitrogens with one attached hydrogen (secondary N) is 1. The molecular weight excluding hydrogens is 522 g/mol. The number of hydrogen-bond acceptors (Lipinski definition) is 6. The fraction of sp³-hybridized carbons (Fsp3) is 0.464. The molecule has 0 aliphatic carbocycles. The largest absolute Gasteiger partial charge is 0.388 e. The number of hydrogen-bond donors (Lipinski definition) is 2. The molecule has 10 nitrogen and oxygen atoms in total. The van der Waals surface area contributed by atoms with Gasteiger partial charge in [-0.15, -0.1) is 11.6 Å². The topological polar surface area (TPSA) is 127 Å². The number of alkyl halides is 1. The third-order valence-electron chi connectivity index (χ3n) is 7.28. The third-order valence-corrected chi connectivity index (χ3v) is 7.52. The van der Waals surface area contributed by atoms with Gasteiger partial charge in [0.2, 0.25) is 5.91 Å². The second-order valence-corrected chi connectivity index (χ2v) is 10.6. The van der Waals surface area contributed by atoms with Gasteiger partial charge in [-0.25, -0.2) is 4.98 Å². The van der Waals surface area contributed by atoms with E-state index in [4.69, 9.17) is 11.6 Å². The van der Waals surface area contributed by atoms with Crippen LogP contribution in [-0.2, 0) is 18.4 Å². The molecule has 3 heterocycles. The van der Waals surface area contributed by atoms with Crippen molar-refractivity contribution in [2.45, 2.75) is 51.2 Å². The van der Waals surface area contributed by atoms with Crippen LogP contribution in [0.4, 0.5) is 0 Å². The van der Waals surface area contributed by atoms with Crippen molar-refractivity contribution in [1.29, 1.82) is 0 Å². The van der Waals surface area contributed by atoms with Crippen molar-refractivity contribution in [3.63, 3.8) is 0 Å². The summed E-state index contributed by atoms with van der Waals surface area (Å²) in [6.45, 7) is 3.31. The van der Waals surface area contributed by atoms with Crippen molar-refractivity contribution < 1.29 is 19.5 Å². The van der Waals surface area contributed by atoms with E-state index in [1.54, 1.807) is 28.8 Å². The summed E-state index contributed by atoms with van der Waals surface area (Å²) in [6.07, 6.45) is 5.39. The number of carbonyl (C=O) groups is 3. The minimum absolute atomic E-state index is 0.00921. The summed E-state index contributed by atoms with van der Waals surface area (Å²) in [4.78, 5) is 55.9. The minimum atomic E-state index is -1.09. The van der Waals surface area contributed by atoms with Crippen LogP contribution in [0, 0.1) is 6.92 Å². The lowest BCUT2D eigenvalue weighted by Gasteiger charge is -2.38. The molecule has 0 spiro atoms. The Balaban J connectivity index is 1.20. The summed E-state index contributed by atoms with van der Waals surface area (Å²) >= 11 is 5.58. The number of ketones is 1. The normalized spacial score (nSPS) is 14.9. The fourth-order valence-corrected chi connectivity index (χ4v) is 5.05. The van der Waals surface area contributed by atoms with Gasteiger partial charge in [0.25, 0.3) is 11.5 Å². The molecule has 0 atom stereocenters. The number of halogens is 1. The lowest BCUT2D eigenvalue weighted by atomic mass is 9.91. The Labute approximate surface area is 231 Å². The number of aromatic nitrogens is 3. The van der Waals surface area contributed by atoms with E-state index in [0.29, 0.717) is 73.9 Å². The van der Waals surface area contributed by atoms with Crippen molar-refractivity contribution in [2.75, 3.05) is 25.5 Å². The molecule has 208 valence electrons. The molecule has 1 saturated heterocycles. The molecule has 1 fully saturated rings. The van der Waals surface area contributed by atoms with Gasteiger partial charge in [-0.05, 0) is 56.4 Å². The number of fused-ring (bicyclic) bond motifs is 1.